The second-order valence-electron chi connectivity index (χ2n) is 5.50. The first-order chi connectivity index (χ1) is 11.6. The van der Waals surface area contributed by atoms with E-state index in [4.69, 9.17) is 23.2 Å². The van der Waals surface area contributed by atoms with Gasteiger partial charge in [0.05, 0.1) is 10.0 Å². The third-order valence-electron chi connectivity index (χ3n) is 3.70. The first-order valence-corrected chi connectivity index (χ1v) is 9.04. The van der Waals surface area contributed by atoms with Gasteiger partial charge in [-0.15, -0.1) is 10.2 Å². The number of hydrogen-bond donors (Lipinski definition) is 1. The lowest BCUT2D eigenvalue weighted by molar-refractivity contribution is 0.878. The number of aryl methyl sites for hydroxylation is 1. The Labute approximate surface area is 152 Å². The Hall–Kier alpha value is -1.82. The van der Waals surface area contributed by atoms with E-state index >= 15 is 0 Å². The lowest BCUT2D eigenvalue weighted by Crippen LogP contribution is -1.92. The van der Waals surface area contributed by atoms with Crippen molar-refractivity contribution in [1.82, 2.24) is 20.2 Å². The van der Waals surface area contributed by atoms with E-state index in [1.807, 2.05) is 18.2 Å². The van der Waals surface area contributed by atoms with Crippen molar-refractivity contribution >= 4 is 57.0 Å². The fraction of sp³-hybridized carbons (Fsp3) is 0.118. The summed E-state index contributed by atoms with van der Waals surface area (Å²) in [4.78, 5) is 7.87. The number of hydrogen-bond acceptors (Lipinski definition) is 4. The zero-order chi connectivity index (χ0) is 16.7. The monoisotopic (exact) mass is 374 g/mol. The number of aromatic amines is 1. The number of thioether (sulfide) groups is 1. The van der Waals surface area contributed by atoms with E-state index in [9.17, 15) is 0 Å². The SMILES string of the molecule is Cc1ccc2[nH]c3nc(SCc4ccc(Cl)c(Cl)c4)nnc3c2c1. The second kappa shape index (κ2) is 6.24. The predicted molar refractivity (Wildman–Crippen MR) is 99.9 cm³/mol. The number of rotatable bonds is 3. The van der Waals surface area contributed by atoms with E-state index in [0.29, 0.717) is 21.0 Å². The third kappa shape index (κ3) is 2.95. The molecule has 0 amide bonds. The van der Waals surface area contributed by atoms with Gasteiger partial charge in [0, 0.05) is 16.7 Å². The molecule has 0 atom stereocenters. The van der Waals surface area contributed by atoms with Crippen LogP contribution in [0.4, 0.5) is 0 Å². The molecule has 0 saturated heterocycles. The van der Waals surface area contributed by atoms with Gasteiger partial charge in [0.1, 0.15) is 5.52 Å². The molecule has 0 aliphatic rings. The van der Waals surface area contributed by atoms with Gasteiger partial charge in [-0.05, 0) is 36.8 Å². The molecule has 0 saturated carbocycles. The van der Waals surface area contributed by atoms with Crippen molar-refractivity contribution in [3.05, 3.63) is 57.6 Å². The van der Waals surface area contributed by atoms with Crippen molar-refractivity contribution in [3.8, 4) is 0 Å². The van der Waals surface area contributed by atoms with Crippen LogP contribution in [0.5, 0.6) is 0 Å². The zero-order valence-corrected chi connectivity index (χ0v) is 15.0. The highest BCUT2D eigenvalue weighted by Gasteiger charge is 2.10. The maximum Gasteiger partial charge on any atom is 0.211 e. The minimum Gasteiger partial charge on any atom is -0.338 e. The highest BCUT2D eigenvalue weighted by atomic mass is 35.5. The highest BCUT2D eigenvalue weighted by molar-refractivity contribution is 7.98. The number of nitrogens with zero attached hydrogens (tertiary/aromatic N) is 3. The minimum atomic E-state index is 0.551. The van der Waals surface area contributed by atoms with E-state index < -0.39 is 0 Å². The van der Waals surface area contributed by atoms with Crippen LogP contribution in [0.2, 0.25) is 10.0 Å². The topological polar surface area (TPSA) is 54.5 Å². The fourth-order valence-corrected chi connectivity index (χ4v) is 3.56. The van der Waals surface area contributed by atoms with E-state index in [1.54, 1.807) is 6.07 Å². The molecule has 0 fully saturated rings. The molecule has 2 heterocycles. The Kier molecular flexibility index (Phi) is 4.08. The van der Waals surface area contributed by atoms with Crippen molar-refractivity contribution in [1.29, 1.82) is 0 Å². The van der Waals surface area contributed by atoms with Crippen molar-refractivity contribution in [2.45, 2.75) is 17.8 Å². The predicted octanol–water partition coefficient (Wildman–Crippen LogP) is 5.41. The van der Waals surface area contributed by atoms with Gasteiger partial charge in [-0.25, -0.2) is 4.98 Å². The molecule has 4 aromatic rings. The summed E-state index contributed by atoms with van der Waals surface area (Å²) < 4.78 is 0. The molecule has 0 spiro atoms. The summed E-state index contributed by atoms with van der Waals surface area (Å²) in [7, 11) is 0. The number of H-pyrrole nitrogens is 1. The van der Waals surface area contributed by atoms with Crippen molar-refractivity contribution in [3.63, 3.8) is 0 Å². The molecule has 0 unspecified atom stereocenters. The first-order valence-electron chi connectivity index (χ1n) is 7.29. The van der Waals surface area contributed by atoms with E-state index in [1.165, 1.54) is 17.3 Å². The van der Waals surface area contributed by atoms with Crippen molar-refractivity contribution in [2.24, 2.45) is 0 Å². The molecule has 2 aromatic heterocycles. The summed E-state index contributed by atoms with van der Waals surface area (Å²) in [6.07, 6.45) is 0. The van der Waals surface area contributed by atoms with Gasteiger partial charge in [0.15, 0.2) is 5.65 Å². The van der Waals surface area contributed by atoms with Gasteiger partial charge >= 0.3 is 0 Å². The Morgan fingerprint density at radius 3 is 2.75 bits per heavy atom. The molecular formula is C17H12Cl2N4S. The van der Waals surface area contributed by atoms with Crippen LogP contribution in [0.15, 0.2) is 41.6 Å². The highest BCUT2D eigenvalue weighted by Crippen LogP contribution is 2.28. The summed E-state index contributed by atoms with van der Waals surface area (Å²) in [6, 6.07) is 11.8. The lowest BCUT2D eigenvalue weighted by Gasteiger charge is -2.02. The number of fused-ring (bicyclic) bond motifs is 3. The van der Waals surface area contributed by atoms with Crippen LogP contribution < -0.4 is 0 Å². The molecule has 4 rings (SSSR count). The average molecular weight is 375 g/mol. The van der Waals surface area contributed by atoms with Gasteiger partial charge in [-0.1, -0.05) is 52.7 Å². The van der Waals surface area contributed by atoms with Crippen LogP contribution >= 0.6 is 35.0 Å². The van der Waals surface area contributed by atoms with E-state index in [2.05, 4.69) is 39.2 Å². The zero-order valence-electron chi connectivity index (χ0n) is 12.7. The van der Waals surface area contributed by atoms with Gasteiger partial charge in [-0.3, -0.25) is 0 Å². The van der Waals surface area contributed by atoms with Crippen molar-refractivity contribution < 1.29 is 0 Å². The van der Waals surface area contributed by atoms with Crippen LogP contribution in [0.3, 0.4) is 0 Å². The molecular weight excluding hydrogens is 363 g/mol. The van der Waals surface area contributed by atoms with Gasteiger partial charge in [0.2, 0.25) is 5.16 Å². The largest absolute Gasteiger partial charge is 0.338 e. The smallest absolute Gasteiger partial charge is 0.211 e. The maximum atomic E-state index is 6.04. The first kappa shape index (κ1) is 15.7. The average Bonchev–Trinajstić information content (AvgIpc) is 2.93. The van der Waals surface area contributed by atoms with Crippen LogP contribution in [0.1, 0.15) is 11.1 Å². The molecule has 24 heavy (non-hydrogen) atoms. The van der Waals surface area contributed by atoms with E-state index in [-0.39, 0.29) is 0 Å². The Balaban J connectivity index is 1.62. The summed E-state index contributed by atoms with van der Waals surface area (Å²) in [6.45, 7) is 2.06. The molecule has 0 bridgehead atoms. The molecule has 1 N–H and O–H groups in total. The third-order valence-corrected chi connectivity index (χ3v) is 5.35. The molecule has 0 aliphatic heterocycles. The van der Waals surface area contributed by atoms with Crippen LogP contribution in [0, 0.1) is 6.92 Å². The summed E-state index contributed by atoms with van der Waals surface area (Å²) in [5, 5.41) is 11.4. The number of nitrogens with one attached hydrogen (secondary N) is 1. The molecule has 4 nitrogen and oxygen atoms in total. The number of halogens is 2. The van der Waals surface area contributed by atoms with Gasteiger partial charge in [-0.2, -0.15) is 0 Å². The van der Waals surface area contributed by atoms with Gasteiger partial charge < -0.3 is 4.98 Å². The second-order valence-corrected chi connectivity index (χ2v) is 7.26. The lowest BCUT2D eigenvalue weighted by atomic mass is 10.2. The van der Waals surface area contributed by atoms with Gasteiger partial charge in [0.25, 0.3) is 0 Å². The Morgan fingerprint density at radius 2 is 1.92 bits per heavy atom. The Morgan fingerprint density at radius 1 is 1.04 bits per heavy atom. The molecule has 120 valence electrons. The summed E-state index contributed by atoms with van der Waals surface area (Å²) in [5.74, 6) is 0.698. The van der Waals surface area contributed by atoms with E-state index in [0.717, 1.165) is 27.6 Å². The standard InChI is InChI=1S/C17H12Cl2N4S/c1-9-2-5-14-11(6-9)15-16(20-14)21-17(23-22-15)24-8-10-3-4-12(18)13(19)7-10/h2-7H,8H2,1H3,(H,20,21,23). The van der Waals surface area contributed by atoms with Crippen LogP contribution in [0.25, 0.3) is 22.1 Å². The van der Waals surface area contributed by atoms with Crippen LogP contribution in [-0.2, 0) is 5.75 Å². The molecule has 7 heteroatoms. The number of aromatic nitrogens is 4. The Bertz CT molecular complexity index is 1060. The minimum absolute atomic E-state index is 0.551. The molecule has 2 aromatic carbocycles. The summed E-state index contributed by atoms with van der Waals surface area (Å²) in [5.41, 5.74) is 4.81. The molecule has 0 aliphatic carbocycles. The van der Waals surface area contributed by atoms with Crippen LogP contribution in [-0.4, -0.2) is 20.2 Å². The quantitative estimate of drug-likeness (QED) is 0.486. The number of benzene rings is 2. The van der Waals surface area contributed by atoms with Crippen molar-refractivity contribution in [2.75, 3.05) is 0 Å². The maximum absolute atomic E-state index is 6.04. The summed E-state index contributed by atoms with van der Waals surface area (Å²) >= 11 is 13.5. The molecule has 0 radical (unpaired) electrons. The normalized spacial score (nSPS) is 11.5. The fourth-order valence-electron chi connectivity index (χ4n) is 2.51.